The molecular formula is C5H11NO4S. The summed E-state index contributed by atoms with van der Waals surface area (Å²) in [6.07, 6.45) is 1.07. The molecule has 0 saturated carbocycles. The molecule has 0 radical (unpaired) electrons. The van der Waals surface area contributed by atoms with Gasteiger partial charge in [0.1, 0.15) is 6.23 Å². The second-order valence-electron chi connectivity index (χ2n) is 2.60. The van der Waals surface area contributed by atoms with Gasteiger partial charge in [-0.2, -0.15) is 8.42 Å². The largest absolute Gasteiger partial charge is 0.398 e. The molecule has 0 aromatic rings. The third-order valence-corrected chi connectivity index (χ3v) is 2.15. The first-order valence-corrected chi connectivity index (χ1v) is 4.71. The predicted octanol–water partition coefficient (Wildman–Crippen LogP) is -0.142. The molecule has 0 aromatic heterocycles. The highest BCUT2D eigenvalue weighted by Gasteiger charge is 2.25. The van der Waals surface area contributed by atoms with Gasteiger partial charge in [-0.05, 0) is 19.9 Å². The number of rotatable bonds is 2. The van der Waals surface area contributed by atoms with Gasteiger partial charge in [0.25, 0.3) is 0 Å². The first kappa shape index (κ1) is 8.92. The normalized spacial score (nSPS) is 27.6. The standard InChI is InChI=1S/C5H11NO4S/c1-6-4-2-3-5(6)10-11(7,8)9/h5H,2-4H2,1H3,(H,7,8,9). The maximum Gasteiger partial charge on any atom is 0.398 e. The van der Waals surface area contributed by atoms with E-state index in [1.807, 2.05) is 0 Å². The maximum atomic E-state index is 10.2. The van der Waals surface area contributed by atoms with Gasteiger partial charge in [0.05, 0.1) is 0 Å². The van der Waals surface area contributed by atoms with E-state index in [0.29, 0.717) is 6.42 Å². The van der Waals surface area contributed by atoms with Crippen LogP contribution >= 0.6 is 0 Å². The predicted molar refractivity (Wildman–Crippen MR) is 38.3 cm³/mol. The highest BCUT2D eigenvalue weighted by molar-refractivity contribution is 7.80. The maximum absolute atomic E-state index is 10.2. The van der Waals surface area contributed by atoms with Crippen LogP contribution in [0.1, 0.15) is 12.8 Å². The van der Waals surface area contributed by atoms with E-state index in [-0.39, 0.29) is 0 Å². The summed E-state index contributed by atoms with van der Waals surface area (Å²) in [5.74, 6) is 0. The fraction of sp³-hybridized carbons (Fsp3) is 1.00. The molecule has 11 heavy (non-hydrogen) atoms. The number of hydrogen-bond donors (Lipinski definition) is 1. The first-order valence-electron chi connectivity index (χ1n) is 3.35. The molecule has 5 nitrogen and oxygen atoms in total. The Morgan fingerprint density at radius 1 is 1.64 bits per heavy atom. The lowest BCUT2D eigenvalue weighted by Crippen LogP contribution is -2.29. The molecule has 0 bridgehead atoms. The molecule has 1 aliphatic heterocycles. The minimum absolute atomic E-state index is 0.481. The first-order chi connectivity index (χ1) is 4.99. The molecule has 6 heteroatoms. The van der Waals surface area contributed by atoms with Crippen LogP contribution in [0.15, 0.2) is 0 Å². The molecule has 1 unspecified atom stereocenters. The Bertz CT molecular complexity index is 225. The van der Waals surface area contributed by atoms with Crippen molar-refractivity contribution in [2.75, 3.05) is 13.6 Å². The van der Waals surface area contributed by atoms with Crippen LogP contribution in [0.4, 0.5) is 0 Å². The summed E-state index contributed by atoms with van der Waals surface area (Å²) < 4.78 is 33.2. The third kappa shape index (κ3) is 2.74. The van der Waals surface area contributed by atoms with Gasteiger partial charge in [-0.1, -0.05) is 0 Å². The highest BCUT2D eigenvalue weighted by Crippen LogP contribution is 2.16. The Morgan fingerprint density at radius 3 is 2.64 bits per heavy atom. The summed E-state index contributed by atoms with van der Waals surface area (Å²) in [6, 6.07) is 0. The molecule has 0 aliphatic carbocycles. The van der Waals surface area contributed by atoms with Crippen LogP contribution in [0.2, 0.25) is 0 Å². The molecule has 1 heterocycles. The van der Waals surface area contributed by atoms with Gasteiger partial charge in [0.2, 0.25) is 0 Å². The van der Waals surface area contributed by atoms with E-state index in [9.17, 15) is 8.42 Å². The van der Waals surface area contributed by atoms with Crippen LogP contribution in [-0.2, 0) is 14.6 Å². The summed E-state index contributed by atoms with van der Waals surface area (Å²) >= 11 is 0. The van der Waals surface area contributed by atoms with Crippen molar-refractivity contribution in [3.8, 4) is 0 Å². The summed E-state index contributed by atoms with van der Waals surface area (Å²) in [7, 11) is -2.53. The van der Waals surface area contributed by atoms with E-state index in [0.717, 1.165) is 13.0 Å². The van der Waals surface area contributed by atoms with Gasteiger partial charge < -0.3 is 0 Å². The van der Waals surface area contributed by atoms with Crippen molar-refractivity contribution >= 4 is 10.4 Å². The van der Waals surface area contributed by atoms with Gasteiger partial charge >= 0.3 is 10.4 Å². The smallest absolute Gasteiger partial charge is 0.280 e. The summed E-state index contributed by atoms with van der Waals surface area (Å²) in [5, 5.41) is 0. The monoisotopic (exact) mass is 181 g/mol. The summed E-state index contributed by atoms with van der Waals surface area (Å²) in [5.41, 5.74) is 0. The SMILES string of the molecule is CN1CCCC1OS(=O)(=O)O. The second kappa shape index (κ2) is 3.06. The van der Waals surface area contributed by atoms with E-state index in [4.69, 9.17) is 4.55 Å². The second-order valence-corrected chi connectivity index (χ2v) is 3.65. The molecule has 1 N–H and O–H groups in total. The quantitative estimate of drug-likeness (QED) is 0.600. The van der Waals surface area contributed by atoms with Crippen molar-refractivity contribution in [2.45, 2.75) is 19.1 Å². The van der Waals surface area contributed by atoms with Crippen LogP contribution < -0.4 is 0 Å². The average Bonchev–Trinajstić information content (AvgIpc) is 2.12. The van der Waals surface area contributed by atoms with Crippen LogP contribution in [0, 0.1) is 0 Å². The molecule has 1 fully saturated rings. The zero-order valence-corrected chi connectivity index (χ0v) is 7.04. The fourth-order valence-electron chi connectivity index (χ4n) is 1.14. The van der Waals surface area contributed by atoms with Crippen LogP contribution in [-0.4, -0.2) is 37.7 Å². The summed E-state index contributed by atoms with van der Waals surface area (Å²) in [4.78, 5) is 1.74. The van der Waals surface area contributed by atoms with Gasteiger partial charge in [-0.3, -0.25) is 9.45 Å². The van der Waals surface area contributed by atoms with E-state index < -0.39 is 16.6 Å². The lowest BCUT2D eigenvalue weighted by atomic mass is 10.4. The van der Waals surface area contributed by atoms with E-state index in [2.05, 4.69) is 4.18 Å². The van der Waals surface area contributed by atoms with E-state index in [1.165, 1.54) is 0 Å². The van der Waals surface area contributed by atoms with Gasteiger partial charge in [-0.15, -0.1) is 0 Å². The minimum Gasteiger partial charge on any atom is -0.280 e. The van der Waals surface area contributed by atoms with E-state index in [1.54, 1.807) is 11.9 Å². The van der Waals surface area contributed by atoms with Crippen molar-refractivity contribution in [2.24, 2.45) is 0 Å². The van der Waals surface area contributed by atoms with Crippen molar-refractivity contribution in [1.29, 1.82) is 0 Å². The zero-order valence-electron chi connectivity index (χ0n) is 6.23. The summed E-state index contributed by atoms with van der Waals surface area (Å²) in [6.45, 7) is 0.806. The Balaban J connectivity index is 2.50. The minimum atomic E-state index is -4.28. The molecular weight excluding hydrogens is 170 g/mol. The lowest BCUT2D eigenvalue weighted by Gasteiger charge is -2.16. The molecule has 1 aliphatic rings. The fourth-order valence-corrected chi connectivity index (χ4v) is 1.67. The lowest BCUT2D eigenvalue weighted by molar-refractivity contribution is 0.0747. The van der Waals surface area contributed by atoms with Gasteiger partial charge in [-0.25, -0.2) is 4.18 Å². The topological polar surface area (TPSA) is 66.8 Å². The van der Waals surface area contributed by atoms with E-state index >= 15 is 0 Å². The molecule has 0 aromatic carbocycles. The van der Waals surface area contributed by atoms with Crippen LogP contribution in [0.5, 0.6) is 0 Å². The Hall–Kier alpha value is -0.170. The molecule has 1 rings (SSSR count). The highest BCUT2D eigenvalue weighted by atomic mass is 32.3. The molecule has 0 spiro atoms. The van der Waals surface area contributed by atoms with Gasteiger partial charge in [0, 0.05) is 6.54 Å². The zero-order chi connectivity index (χ0) is 8.48. The molecule has 1 saturated heterocycles. The van der Waals surface area contributed by atoms with Crippen molar-refractivity contribution in [3.63, 3.8) is 0 Å². The molecule has 0 amide bonds. The van der Waals surface area contributed by atoms with Crippen molar-refractivity contribution in [3.05, 3.63) is 0 Å². The molecule has 1 atom stereocenters. The number of nitrogens with zero attached hydrogens (tertiary/aromatic N) is 1. The number of hydrogen-bond acceptors (Lipinski definition) is 4. The molecule has 66 valence electrons. The average molecular weight is 181 g/mol. The Labute approximate surface area is 65.9 Å². The van der Waals surface area contributed by atoms with Crippen LogP contribution in [0.3, 0.4) is 0 Å². The van der Waals surface area contributed by atoms with Gasteiger partial charge in [0.15, 0.2) is 0 Å². The number of likely N-dealkylation sites (tertiary alicyclic amines) is 1. The Morgan fingerprint density at radius 2 is 2.27 bits per heavy atom. The van der Waals surface area contributed by atoms with Crippen LogP contribution in [0.25, 0.3) is 0 Å². The third-order valence-electron chi connectivity index (χ3n) is 1.69. The van der Waals surface area contributed by atoms with Crippen molar-refractivity contribution in [1.82, 2.24) is 4.90 Å². The van der Waals surface area contributed by atoms with Crippen molar-refractivity contribution < 1.29 is 17.2 Å². The Kier molecular flexibility index (Phi) is 2.48.